The van der Waals surface area contributed by atoms with Crippen LogP contribution >= 0.6 is 0 Å². The van der Waals surface area contributed by atoms with Crippen LogP contribution in [0.15, 0.2) is 48.8 Å². The SMILES string of the molecule is CCOC(=O)c1ccc(Nc2ncnc(Nc3ccc(C)cc3C)c2N)cc1. The molecule has 3 aromatic rings. The monoisotopic (exact) mass is 377 g/mol. The van der Waals surface area contributed by atoms with Gasteiger partial charge in [0.15, 0.2) is 11.6 Å². The Hall–Kier alpha value is -3.61. The lowest BCUT2D eigenvalue weighted by Gasteiger charge is -2.14. The first-order valence-corrected chi connectivity index (χ1v) is 8.97. The van der Waals surface area contributed by atoms with Gasteiger partial charge in [-0.2, -0.15) is 0 Å². The highest BCUT2D eigenvalue weighted by atomic mass is 16.5. The number of benzene rings is 2. The molecule has 0 radical (unpaired) electrons. The molecule has 7 nitrogen and oxygen atoms in total. The van der Waals surface area contributed by atoms with Gasteiger partial charge in [-0.15, -0.1) is 0 Å². The van der Waals surface area contributed by atoms with Crippen molar-refractivity contribution in [3.05, 3.63) is 65.5 Å². The molecule has 144 valence electrons. The van der Waals surface area contributed by atoms with Crippen molar-refractivity contribution in [1.29, 1.82) is 0 Å². The average Bonchev–Trinajstić information content (AvgIpc) is 2.67. The van der Waals surface area contributed by atoms with Gasteiger partial charge in [-0.3, -0.25) is 0 Å². The summed E-state index contributed by atoms with van der Waals surface area (Å²) in [4.78, 5) is 20.2. The fraction of sp³-hybridized carbons (Fsp3) is 0.190. The van der Waals surface area contributed by atoms with Crippen molar-refractivity contribution < 1.29 is 9.53 Å². The zero-order valence-corrected chi connectivity index (χ0v) is 16.1. The van der Waals surface area contributed by atoms with Crippen LogP contribution in [0.25, 0.3) is 0 Å². The van der Waals surface area contributed by atoms with Crippen molar-refractivity contribution in [3.63, 3.8) is 0 Å². The lowest BCUT2D eigenvalue weighted by atomic mass is 10.1. The van der Waals surface area contributed by atoms with E-state index in [9.17, 15) is 4.79 Å². The zero-order chi connectivity index (χ0) is 20.1. The maximum Gasteiger partial charge on any atom is 0.338 e. The molecule has 2 aromatic carbocycles. The number of esters is 1. The Morgan fingerprint density at radius 3 is 2.36 bits per heavy atom. The van der Waals surface area contributed by atoms with Gasteiger partial charge in [-0.25, -0.2) is 14.8 Å². The second-order valence-electron chi connectivity index (χ2n) is 6.35. The van der Waals surface area contributed by atoms with E-state index in [0.717, 1.165) is 16.9 Å². The maximum absolute atomic E-state index is 11.7. The first-order valence-electron chi connectivity index (χ1n) is 8.97. The minimum atomic E-state index is -0.351. The minimum absolute atomic E-state index is 0.340. The van der Waals surface area contributed by atoms with E-state index in [1.807, 2.05) is 26.0 Å². The molecule has 0 aliphatic heterocycles. The summed E-state index contributed by atoms with van der Waals surface area (Å²) in [5.41, 5.74) is 11.1. The number of hydrogen-bond donors (Lipinski definition) is 3. The molecule has 0 amide bonds. The topological polar surface area (TPSA) is 102 Å². The molecule has 0 aliphatic carbocycles. The predicted octanol–water partition coefficient (Wildman–Crippen LogP) is 4.34. The van der Waals surface area contributed by atoms with Crippen LogP contribution in [-0.4, -0.2) is 22.5 Å². The number of anilines is 5. The summed E-state index contributed by atoms with van der Waals surface area (Å²) < 4.78 is 4.99. The Morgan fingerprint density at radius 2 is 1.71 bits per heavy atom. The number of aryl methyl sites for hydroxylation is 2. The molecule has 0 saturated heterocycles. The summed E-state index contributed by atoms with van der Waals surface area (Å²) in [5, 5.41) is 6.41. The first kappa shape index (κ1) is 19.2. The highest BCUT2D eigenvalue weighted by molar-refractivity contribution is 5.90. The van der Waals surface area contributed by atoms with Crippen LogP contribution in [0.1, 0.15) is 28.4 Å². The third-order valence-electron chi connectivity index (χ3n) is 4.18. The lowest BCUT2D eigenvalue weighted by molar-refractivity contribution is 0.0526. The van der Waals surface area contributed by atoms with Gasteiger partial charge in [0.25, 0.3) is 0 Å². The number of aromatic nitrogens is 2. The van der Waals surface area contributed by atoms with E-state index >= 15 is 0 Å². The number of hydrogen-bond acceptors (Lipinski definition) is 7. The number of nitrogens with one attached hydrogen (secondary N) is 2. The summed E-state index contributed by atoms with van der Waals surface area (Å²) in [6.07, 6.45) is 1.44. The van der Waals surface area contributed by atoms with E-state index in [-0.39, 0.29) is 5.97 Å². The molecule has 0 saturated carbocycles. The Bertz CT molecular complexity index is 987. The number of carbonyl (C=O) groups excluding carboxylic acids is 1. The number of ether oxygens (including phenoxy) is 1. The van der Waals surface area contributed by atoms with Crippen molar-refractivity contribution in [2.75, 3.05) is 23.0 Å². The summed E-state index contributed by atoms with van der Waals surface area (Å²) in [5.74, 6) is 0.648. The second kappa shape index (κ2) is 8.39. The molecule has 0 bridgehead atoms. The Morgan fingerprint density at radius 1 is 1.04 bits per heavy atom. The van der Waals surface area contributed by atoms with Crippen molar-refractivity contribution >= 4 is 34.7 Å². The zero-order valence-electron chi connectivity index (χ0n) is 16.1. The minimum Gasteiger partial charge on any atom is -0.462 e. The quantitative estimate of drug-likeness (QED) is 0.549. The summed E-state index contributed by atoms with van der Waals surface area (Å²) in [6.45, 7) is 6.18. The Balaban J connectivity index is 1.78. The molecule has 0 spiro atoms. The van der Waals surface area contributed by atoms with Crippen LogP contribution in [0.5, 0.6) is 0 Å². The maximum atomic E-state index is 11.7. The molecule has 0 atom stereocenters. The van der Waals surface area contributed by atoms with Crippen molar-refractivity contribution in [2.24, 2.45) is 0 Å². The van der Waals surface area contributed by atoms with E-state index in [1.54, 1.807) is 31.2 Å². The molecule has 7 heteroatoms. The molecule has 1 aromatic heterocycles. The number of nitrogens with zero attached hydrogens (tertiary/aromatic N) is 2. The number of nitrogens with two attached hydrogens (primary N) is 1. The molecule has 0 unspecified atom stereocenters. The van der Waals surface area contributed by atoms with E-state index in [1.165, 1.54) is 11.9 Å². The Kier molecular flexibility index (Phi) is 5.74. The van der Waals surface area contributed by atoms with Gasteiger partial charge in [0.05, 0.1) is 12.2 Å². The predicted molar refractivity (Wildman–Crippen MR) is 111 cm³/mol. The van der Waals surface area contributed by atoms with Gasteiger partial charge in [0.1, 0.15) is 12.0 Å². The fourth-order valence-corrected chi connectivity index (χ4v) is 2.72. The van der Waals surface area contributed by atoms with E-state index in [2.05, 4.69) is 26.7 Å². The van der Waals surface area contributed by atoms with Crippen LogP contribution in [-0.2, 0) is 4.74 Å². The van der Waals surface area contributed by atoms with Crippen LogP contribution in [0.3, 0.4) is 0 Å². The fourth-order valence-electron chi connectivity index (χ4n) is 2.72. The average molecular weight is 377 g/mol. The second-order valence-corrected chi connectivity index (χ2v) is 6.35. The van der Waals surface area contributed by atoms with Gasteiger partial charge >= 0.3 is 5.97 Å². The van der Waals surface area contributed by atoms with Gasteiger partial charge in [0, 0.05) is 11.4 Å². The molecule has 0 fully saturated rings. The Labute approximate surface area is 164 Å². The number of nitrogen functional groups attached to an aromatic ring is 1. The van der Waals surface area contributed by atoms with Crippen LogP contribution in [0.4, 0.5) is 28.7 Å². The summed E-state index contributed by atoms with van der Waals surface area (Å²) >= 11 is 0. The first-order chi connectivity index (χ1) is 13.5. The number of carbonyl (C=O) groups is 1. The van der Waals surface area contributed by atoms with Gasteiger partial charge in [0.2, 0.25) is 0 Å². The van der Waals surface area contributed by atoms with E-state index in [4.69, 9.17) is 10.5 Å². The molecule has 28 heavy (non-hydrogen) atoms. The number of rotatable bonds is 6. The third-order valence-corrected chi connectivity index (χ3v) is 4.18. The highest BCUT2D eigenvalue weighted by Gasteiger charge is 2.11. The molecule has 1 heterocycles. The van der Waals surface area contributed by atoms with Crippen LogP contribution < -0.4 is 16.4 Å². The summed E-state index contributed by atoms with van der Waals surface area (Å²) in [7, 11) is 0. The normalized spacial score (nSPS) is 10.4. The molecular weight excluding hydrogens is 354 g/mol. The molecule has 3 rings (SSSR count). The summed E-state index contributed by atoms with van der Waals surface area (Å²) in [6, 6.07) is 13.0. The smallest absolute Gasteiger partial charge is 0.338 e. The van der Waals surface area contributed by atoms with Crippen LogP contribution in [0.2, 0.25) is 0 Å². The molecule has 0 aliphatic rings. The standard InChI is InChI=1S/C21H23N5O2/c1-4-28-21(27)15-6-8-16(9-7-15)25-19-18(22)20(24-12-23-19)26-17-10-5-13(2)11-14(17)3/h5-12H,4,22H2,1-3H3,(H2,23,24,25,26). The van der Waals surface area contributed by atoms with Crippen molar-refractivity contribution in [1.82, 2.24) is 9.97 Å². The van der Waals surface area contributed by atoms with Gasteiger partial charge in [-0.1, -0.05) is 17.7 Å². The van der Waals surface area contributed by atoms with E-state index in [0.29, 0.717) is 29.5 Å². The lowest BCUT2D eigenvalue weighted by Crippen LogP contribution is -2.06. The van der Waals surface area contributed by atoms with Crippen molar-refractivity contribution in [3.8, 4) is 0 Å². The van der Waals surface area contributed by atoms with Gasteiger partial charge in [-0.05, 0) is 56.7 Å². The van der Waals surface area contributed by atoms with Crippen molar-refractivity contribution in [2.45, 2.75) is 20.8 Å². The van der Waals surface area contributed by atoms with Crippen LogP contribution in [0, 0.1) is 13.8 Å². The highest BCUT2D eigenvalue weighted by Crippen LogP contribution is 2.29. The molecule has 4 N–H and O–H groups in total. The van der Waals surface area contributed by atoms with E-state index < -0.39 is 0 Å². The largest absolute Gasteiger partial charge is 0.462 e. The third kappa shape index (κ3) is 4.37. The van der Waals surface area contributed by atoms with Gasteiger partial charge < -0.3 is 21.1 Å². The molecular formula is C21H23N5O2.